The van der Waals surface area contributed by atoms with Gasteiger partial charge in [0.15, 0.2) is 0 Å². The summed E-state index contributed by atoms with van der Waals surface area (Å²) in [6.07, 6.45) is 0.568. The summed E-state index contributed by atoms with van der Waals surface area (Å²) < 4.78 is 17.1. The first-order valence-corrected chi connectivity index (χ1v) is 18.7. The van der Waals surface area contributed by atoms with Crippen molar-refractivity contribution in [3.8, 4) is 23.0 Å². The molecule has 0 saturated heterocycles. The lowest BCUT2D eigenvalue weighted by Gasteiger charge is -2.28. The monoisotopic (exact) mass is 690 g/mol. The molecule has 0 atom stereocenters. The molecule has 0 saturated carbocycles. The minimum Gasteiger partial charge on any atom is -0.507 e. The molecule has 7 nitrogen and oxygen atoms in total. The van der Waals surface area contributed by atoms with E-state index in [0.29, 0.717) is 36.2 Å². The molecule has 2 N–H and O–H groups in total. The molecule has 9 heteroatoms. The highest BCUT2D eigenvalue weighted by molar-refractivity contribution is 7.99. The molecule has 0 aliphatic carbocycles. The standard InChI is InChI=1S/C38H58O7S2/c1-35(2,3)27-21-25(22-28(33(27)41)36(4,5)6)44-31(39)13-17-46-19-15-43-16-20-47-18-14-32(40)45-26-23-29(37(7,8)9)34(42)30(24-26)38(10,11)12/h21-24,41-42H,13-20H2,1-12H3. The minimum atomic E-state index is -0.298. The van der Waals surface area contributed by atoms with Crippen LogP contribution in [-0.4, -0.2) is 58.4 Å². The molecule has 0 aromatic heterocycles. The van der Waals surface area contributed by atoms with Gasteiger partial charge in [-0.05, 0) is 45.9 Å². The van der Waals surface area contributed by atoms with Crippen LogP contribution in [0, 0.1) is 0 Å². The summed E-state index contributed by atoms with van der Waals surface area (Å²) in [4.78, 5) is 25.1. The van der Waals surface area contributed by atoms with Crippen LogP contribution in [0.1, 0.15) is 118 Å². The van der Waals surface area contributed by atoms with E-state index in [-0.39, 0.29) is 57.9 Å². The van der Waals surface area contributed by atoms with Gasteiger partial charge in [-0.2, -0.15) is 23.5 Å². The number of ether oxygens (including phenoxy) is 3. The Balaban J connectivity index is 1.67. The number of aromatic hydroxyl groups is 2. The second kappa shape index (κ2) is 16.8. The summed E-state index contributed by atoms with van der Waals surface area (Å²) in [5.41, 5.74) is 1.85. The number of hydrogen-bond donors (Lipinski definition) is 2. The third-order valence-electron chi connectivity index (χ3n) is 7.51. The van der Waals surface area contributed by atoms with Crippen molar-refractivity contribution in [2.75, 3.05) is 36.2 Å². The second-order valence-electron chi connectivity index (χ2n) is 16.0. The Hall–Kier alpha value is -2.36. The minimum absolute atomic E-state index is 0.260. The number of thioether (sulfide) groups is 2. The molecule has 0 radical (unpaired) electrons. The molecule has 0 spiro atoms. The molecule has 0 aliphatic rings. The van der Waals surface area contributed by atoms with Crippen molar-refractivity contribution in [1.29, 1.82) is 0 Å². The molecule has 2 rings (SSSR count). The van der Waals surface area contributed by atoms with Gasteiger partial charge in [0.1, 0.15) is 23.0 Å². The third-order valence-corrected chi connectivity index (χ3v) is 9.40. The number of esters is 2. The summed E-state index contributed by atoms with van der Waals surface area (Å²) in [6.45, 7) is 25.5. The van der Waals surface area contributed by atoms with E-state index < -0.39 is 0 Å². The predicted molar refractivity (Wildman–Crippen MR) is 197 cm³/mol. The van der Waals surface area contributed by atoms with E-state index in [4.69, 9.17) is 14.2 Å². The molecule has 2 aromatic rings. The highest BCUT2D eigenvalue weighted by Crippen LogP contribution is 2.43. The van der Waals surface area contributed by atoms with Crippen molar-refractivity contribution in [1.82, 2.24) is 0 Å². The van der Waals surface area contributed by atoms with Gasteiger partial charge in [-0.3, -0.25) is 9.59 Å². The van der Waals surface area contributed by atoms with Gasteiger partial charge < -0.3 is 24.4 Å². The van der Waals surface area contributed by atoms with Gasteiger partial charge in [0.05, 0.1) is 26.1 Å². The summed E-state index contributed by atoms with van der Waals surface area (Å²) in [7, 11) is 0. The Morgan fingerprint density at radius 1 is 0.532 bits per heavy atom. The Labute approximate surface area is 291 Å². The smallest absolute Gasteiger partial charge is 0.312 e. The number of phenols is 2. The molecule has 47 heavy (non-hydrogen) atoms. The van der Waals surface area contributed by atoms with Crippen molar-refractivity contribution in [3.05, 3.63) is 46.5 Å². The highest BCUT2D eigenvalue weighted by Gasteiger charge is 2.29. The fourth-order valence-corrected chi connectivity index (χ4v) is 6.34. The van der Waals surface area contributed by atoms with Crippen molar-refractivity contribution in [2.24, 2.45) is 0 Å². The van der Waals surface area contributed by atoms with Crippen LogP contribution in [0.15, 0.2) is 24.3 Å². The lowest BCUT2D eigenvalue weighted by atomic mass is 9.79. The van der Waals surface area contributed by atoms with Crippen molar-refractivity contribution < 1.29 is 34.0 Å². The molecule has 0 fully saturated rings. The van der Waals surface area contributed by atoms with E-state index in [1.165, 1.54) is 0 Å². The van der Waals surface area contributed by atoms with E-state index in [2.05, 4.69) is 0 Å². The number of rotatable bonds is 14. The lowest BCUT2D eigenvalue weighted by molar-refractivity contribution is -0.134. The first-order chi connectivity index (χ1) is 21.5. The van der Waals surface area contributed by atoms with Gasteiger partial charge in [0.2, 0.25) is 0 Å². The first kappa shape index (κ1) is 40.8. The molecule has 2 aromatic carbocycles. The van der Waals surface area contributed by atoms with Crippen molar-refractivity contribution >= 4 is 35.5 Å². The molecule has 0 heterocycles. The van der Waals surface area contributed by atoms with E-state index in [1.54, 1.807) is 47.8 Å². The van der Waals surface area contributed by atoms with Gasteiger partial charge >= 0.3 is 11.9 Å². The second-order valence-corrected chi connectivity index (χ2v) is 18.5. The summed E-state index contributed by atoms with van der Waals surface area (Å²) in [6, 6.07) is 7.08. The van der Waals surface area contributed by atoms with Crippen LogP contribution in [0.5, 0.6) is 23.0 Å². The van der Waals surface area contributed by atoms with Crippen LogP contribution < -0.4 is 9.47 Å². The number of benzene rings is 2. The maximum absolute atomic E-state index is 12.6. The molecule has 264 valence electrons. The van der Waals surface area contributed by atoms with Crippen LogP contribution in [-0.2, 0) is 36.0 Å². The zero-order valence-corrected chi connectivity index (χ0v) is 32.4. The molecular formula is C38H58O7S2. The van der Waals surface area contributed by atoms with E-state index in [9.17, 15) is 19.8 Å². The predicted octanol–water partition coefficient (Wildman–Crippen LogP) is 9.06. The lowest BCUT2D eigenvalue weighted by Crippen LogP contribution is -2.18. The molecule has 0 amide bonds. The van der Waals surface area contributed by atoms with Gasteiger partial charge in [-0.25, -0.2) is 0 Å². The quantitative estimate of drug-likeness (QED) is 0.114. The maximum Gasteiger partial charge on any atom is 0.312 e. The number of carbonyl (C=O) groups is 2. The van der Waals surface area contributed by atoms with Gasteiger partial charge in [-0.1, -0.05) is 83.1 Å². The summed E-state index contributed by atoms with van der Waals surface area (Å²) in [5, 5.41) is 21.8. The van der Waals surface area contributed by atoms with Crippen molar-refractivity contribution in [2.45, 2.75) is 118 Å². The molecule has 0 aliphatic heterocycles. The van der Waals surface area contributed by atoms with Crippen LogP contribution in [0.25, 0.3) is 0 Å². The average molecular weight is 691 g/mol. The normalized spacial score (nSPS) is 12.7. The number of carbonyl (C=O) groups excluding carboxylic acids is 2. The van der Waals surface area contributed by atoms with Crippen molar-refractivity contribution in [3.63, 3.8) is 0 Å². The summed E-state index contributed by atoms with van der Waals surface area (Å²) >= 11 is 3.28. The summed E-state index contributed by atoms with van der Waals surface area (Å²) in [5.74, 6) is 3.65. The molecular weight excluding hydrogens is 633 g/mol. The van der Waals surface area contributed by atoms with Gasteiger partial charge in [0, 0.05) is 45.3 Å². The maximum atomic E-state index is 12.6. The van der Waals surface area contributed by atoms with Gasteiger partial charge in [0.25, 0.3) is 0 Å². The SMILES string of the molecule is CC(C)(C)c1cc(OC(=O)CCSCCOCCSCCC(=O)Oc2cc(C(C)(C)C)c(O)c(C(C)(C)C)c2)cc(C(C)(C)C)c1O. The van der Waals surface area contributed by atoms with Crippen LogP contribution in [0.2, 0.25) is 0 Å². The highest BCUT2D eigenvalue weighted by atomic mass is 32.2. The van der Waals surface area contributed by atoms with Crippen LogP contribution in [0.4, 0.5) is 0 Å². The fraction of sp³-hybridized carbons (Fsp3) is 0.632. The third kappa shape index (κ3) is 13.2. The average Bonchev–Trinajstić information content (AvgIpc) is 2.90. The largest absolute Gasteiger partial charge is 0.507 e. The van der Waals surface area contributed by atoms with Crippen LogP contribution in [0.3, 0.4) is 0 Å². The Bertz CT molecular complexity index is 1180. The number of phenolic OH excluding ortho intramolecular Hbond substituents is 2. The van der Waals surface area contributed by atoms with E-state index in [1.807, 2.05) is 83.1 Å². The Morgan fingerprint density at radius 2 is 0.809 bits per heavy atom. The van der Waals surface area contributed by atoms with E-state index in [0.717, 1.165) is 33.8 Å². The van der Waals surface area contributed by atoms with E-state index >= 15 is 0 Å². The molecule has 0 unspecified atom stereocenters. The molecule has 0 bridgehead atoms. The number of hydrogen-bond acceptors (Lipinski definition) is 9. The topological polar surface area (TPSA) is 102 Å². The van der Waals surface area contributed by atoms with Gasteiger partial charge in [-0.15, -0.1) is 0 Å². The zero-order valence-electron chi connectivity index (χ0n) is 30.7. The Kier molecular flexibility index (Phi) is 14.6. The first-order valence-electron chi connectivity index (χ1n) is 16.4. The zero-order chi connectivity index (χ0) is 35.8. The Morgan fingerprint density at radius 3 is 1.06 bits per heavy atom. The van der Waals surface area contributed by atoms with Crippen LogP contribution >= 0.6 is 23.5 Å². The fourth-order valence-electron chi connectivity index (χ4n) is 4.84.